The number of carbonyl (C=O) groups is 1. The molecule has 1 aromatic carbocycles. The third-order valence-corrected chi connectivity index (χ3v) is 2.66. The summed E-state index contributed by atoms with van der Waals surface area (Å²) in [5.41, 5.74) is 3.52. The van der Waals surface area contributed by atoms with Gasteiger partial charge in [0.05, 0.1) is 6.26 Å². The van der Waals surface area contributed by atoms with E-state index in [1.54, 1.807) is 12.3 Å². The molecule has 1 aromatic heterocycles. The molecule has 0 radical (unpaired) electrons. The molecule has 2 rings (SSSR count). The van der Waals surface area contributed by atoms with Gasteiger partial charge in [0.2, 0.25) is 0 Å². The average molecular weight is 373 g/mol. The van der Waals surface area contributed by atoms with Crippen molar-refractivity contribution >= 4 is 11.9 Å². The standard InChI is InChI=1S/C11H14O.C6H6O.C4H8.2C2H6/c1-3-11(12)8-10-6-4-9(2)5-7-10;1-2-6-4-3-5-7-6;1-4(2)3;2*1-2/h4-7H,3,8H2,1-2H3;2-5H,1H2;1H2,2-3H3;2*1-2H3. The van der Waals surface area contributed by atoms with Crippen LogP contribution in [0, 0.1) is 6.92 Å². The quantitative estimate of drug-likeness (QED) is 0.508. The van der Waals surface area contributed by atoms with E-state index in [-0.39, 0.29) is 0 Å². The molecule has 0 atom stereocenters. The molecule has 0 amide bonds. The maximum absolute atomic E-state index is 11.1. The third-order valence-electron chi connectivity index (χ3n) is 2.66. The lowest BCUT2D eigenvalue weighted by atomic mass is 10.1. The van der Waals surface area contributed by atoms with Gasteiger partial charge in [-0.1, -0.05) is 76.6 Å². The molecule has 0 aliphatic heterocycles. The zero-order valence-electron chi connectivity index (χ0n) is 18.8. The van der Waals surface area contributed by atoms with Crippen LogP contribution in [-0.4, -0.2) is 5.78 Å². The van der Waals surface area contributed by atoms with Gasteiger partial charge in [-0.25, -0.2) is 0 Å². The fourth-order valence-corrected chi connectivity index (χ4v) is 1.47. The van der Waals surface area contributed by atoms with E-state index in [1.165, 1.54) is 11.1 Å². The van der Waals surface area contributed by atoms with Crippen molar-refractivity contribution in [2.75, 3.05) is 0 Å². The number of benzene rings is 1. The third kappa shape index (κ3) is 21.6. The van der Waals surface area contributed by atoms with Gasteiger partial charge in [-0.05, 0) is 44.5 Å². The molecule has 152 valence electrons. The van der Waals surface area contributed by atoms with Gasteiger partial charge in [-0.2, -0.15) is 0 Å². The Balaban J connectivity index is -0.000000327. The Hall–Kier alpha value is -2.35. The summed E-state index contributed by atoms with van der Waals surface area (Å²) in [4.78, 5) is 11.1. The molecule has 0 saturated carbocycles. The Kier molecular flexibility index (Phi) is 23.6. The van der Waals surface area contributed by atoms with Crippen LogP contribution in [0.4, 0.5) is 0 Å². The molecule has 0 unspecified atom stereocenters. The highest BCUT2D eigenvalue weighted by atomic mass is 16.3. The largest absolute Gasteiger partial charge is 0.465 e. The summed E-state index contributed by atoms with van der Waals surface area (Å²) in [7, 11) is 0. The number of carbonyl (C=O) groups excluding carboxylic acids is 1. The number of ketones is 1. The van der Waals surface area contributed by atoms with E-state index >= 15 is 0 Å². The van der Waals surface area contributed by atoms with Crippen molar-refractivity contribution in [2.45, 2.75) is 68.2 Å². The van der Waals surface area contributed by atoms with E-state index in [9.17, 15) is 4.79 Å². The summed E-state index contributed by atoms with van der Waals surface area (Å²) in [6.07, 6.45) is 4.50. The minimum absolute atomic E-state index is 0.304. The first-order valence-corrected chi connectivity index (χ1v) is 9.74. The SMILES string of the molecule is C=C(C)C.C=Cc1ccco1.CC.CC.CCC(=O)Cc1ccc(C)cc1. The van der Waals surface area contributed by atoms with Gasteiger partial charge < -0.3 is 4.42 Å². The van der Waals surface area contributed by atoms with Gasteiger partial charge in [-0.15, -0.1) is 6.58 Å². The maximum atomic E-state index is 11.1. The Morgan fingerprint density at radius 1 is 1.04 bits per heavy atom. The normalized spacial score (nSPS) is 8.00. The number of aryl methyl sites for hydroxylation is 1. The second-order valence-corrected chi connectivity index (χ2v) is 5.48. The van der Waals surface area contributed by atoms with Crippen molar-refractivity contribution < 1.29 is 9.21 Å². The lowest BCUT2D eigenvalue weighted by Gasteiger charge is -1.98. The maximum Gasteiger partial charge on any atom is 0.136 e. The highest BCUT2D eigenvalue weighted by Crippen LogP contribution is 2.04. The Labute approximate surface area is 168 Å². The summed E-state index contributed by atoms with van der Waals surface area (Å²) in [6.45, 7) is 23.0. The second-order valence-electron chi connectivity index (χ2n) is 5.48. The van der Waals surface area contributed by atoms with E-state index in [0.717, 1.165) is 11.3 Å². The van der Waals surface area contributed by atoms with Crippen LogP contribution in [0.15, 0.2) is 65.8 Å². The predicted molar refractivity (Wildman–Crippen MR) is 122 cm³/mol. The number of Topliss-reactive ketones (excluding diaryl/α,β-unsaturated/α-hetero) is 1. The molecule has 2 nitrogen and oxygen atoms in total. The predicted octanol–water partition coefficient (Wildman–Crippen LogP) is 8.07. The molecule has 2 aromatic rings. The number of hydrogen-bond donors (Lipinski definition) is 0. The van der Waals surface area contributed by atoms with Crippen LogP contribution in [0.3, 0.4) is 0 Å². The molecule has 0 aliphatic carbocycles. The number of rotatable bonds is 4. The minimum Gasteiger partial charge on any atom is -0.465 e. The van der Waals surface area contributed by atoms with Crippen LogP contribution < -0.4 is 0 Å². The van der Waals surface area contributed by atoms with Crippen molar-refractivity contribution in [2.24, 2.45) is 0 Å². The van der Waals surface area contributed by atoms with Crippen LogP contribution in [0.2, 0.25) is 0 Å². The molecule has 1 heterocycles. The van der Waals surface area contributed by atoms with Gasteiger partial charge in [0.15, 0.2) is 0 Å². The molecule has 27 heavy (non-hydrogen) atoms. The van der Waals surface area contributed by atoms with Crippen LogP contribution in [0.1, 0.15) is 71.8 Å². The number of allylic oxidation sites excluding steroid dienone is 1. The average Bonchev–Trinajstić information content (AvgIpc) is 3.21. The summed E-state index contributed by atoms with van der Waals surface area (Å²) in [5, 5.41) is 0. The van der Waals surface area contributed by atoms with E-state index in [1.807, 2.05) is 91.8 Å². The monoisotopic (exact) mass is 372 g/mol. The molecule has 0 saturated heterocycles. The lowest BCUT2D eigenvalue weighted by molar-refractivity contribution is -0.118. The zero-order valence-corrected chi connectivity index (χ0v) is 18.8. The van der Waals surface area contributed by atoms with Crippen LogP contribution in [0.5, 0.6) is 0 Å². The Morgan fingerprint density at radius 2 is 1.52 bits per heavy atom. The lowest BCUT2D eigenvalue weighted by Crippen LogP contribution is -1.99. The minimum atomic E-state index is 0.304. The number of furan rings is 1. The van der Waals surface area contributed by atoms with Crippen LogP contribution in [0.25, 0.3) is 6.08 Å². The fraction of sp³-hybridized carbons (Fsp3) is 0.400. The smallest absolute Gasteiger partial charge is 0.136 e. The van der Waals surface area contributed by atoms with Crippen LogP contribution in [-0.2, 0) is 11.2 Å². The molecule has 0 aliphatic rings. The van der Waals surface area contributed by atoms with E-state index in [0.29, 0.717) is 18.6 Å². The first-order valence-electron chi connectivity index (χ1n) is 9.74. The fourth-order valence-electron chi connectivity index (χ4n) is 1.47. The highest BCUT2D eigenvalue weighted by molar-refractivity contribution is 5.80. The summed E-state index contributed by atoms with van der Waals surface area (Å²) in [6, 6.07) is 11.8. The second kappa shape index (κ2) is 21.7. The summed E-state index contributed by atoms with van der Waals surface area (Å²) < 4.78 is 4.86. The highest BCUT2D eigenvalue weighted by Gasteiger charge is 1.99. The van der Waals surface area contributed by atoms with Gasteiger partial charge in [0, 0.05) is 12.8 Å². The Bertz CT molecular complexity index is 571. The summed E-state index contributed by atoms with van der Waals surface area (Å²) >= 11 is 0. The van der Waals surface area contributed by atoms with Crippen molar-refractivity contribution in [3.05, 3.63) is 78.3 Å². The van der Waals surface area contributed by atoms with Crippen molar-refractivity contribution in [1.29, 1.82) is 0 Å². The van der Waals surface area contributed by atoms with E-state index < -0.39 is 0 Å². The molecular formula is C25H40O2. The first kappa shape index (κ1) is 29.4. The molecule has 0 N–H and O–H groups in total. The van der Waals surface area contributed by atoms with Crippen molar-refractivity contribution in [3.8, 4) is 0 Å². The van der Waals surface area contributed by atoms with Crippen molar-refractivity contribution in [1.82, 2.24) is 0 Å². The van der Waals surface area contributed by atoms with Crippen molar-refractivity contribution in [3.63, 3.8) is 0 Å². The van der Waals surface area contributed by atoms with Gasteiger partial charge in [0.25, 0.3) is 0 Å². The molecule has 0 bridgehead atoms. The molecule has 2 heteroatoms. The molecule has 0 fully saturated rings. The van der Waals surface area contributed by atoms with Crippen LogP contribution >= 0.6 is 0 Å². The molecule has 0 spiro atoms. The Morgan fingerprint density at radius 3 is 1.81 bits per heavy atom. The van der Waals surface area contributed by atoms with Gasteiger partial charge in [-0.3, -0.25) is 4.79 Å². The topological polar surface area (TPSA) is 30.2 Å². The van der Waals surface area contributed by atoms with E-state index in [2.05, 4.69) is 13.2 Å². The zero-order chi connectivity index (χ0) is 21.7. The first-order chi connectivity index (χ1) is 12.9. The summed E-state index contributed by atoms with van der Waals surface area (Å²) in [5.74, 6) is 1.12. The number of hydrogen-bond acceptors (Lipinski definition) is 2. The molecular weight excluding hydrogens is 332 g/mol. The van der Waals surface area contributed by atoms with Gasteiger partial charge >= 0.3 is 0 Å². The van der Waals surface area contributed by atoms with E-state index in [4.69, 9.17) is 4.42 Å². The van der Waals surface area contributed by atoms with Gasteiger partial charge in [0.1, 0.15) is 11.5 Å².